The van der Waals surface area contributed by atoms with Crippen LogP contribution in [-0.4, -0.2) is 63.7 Å². The number of rotatable bonds is 11. The molecule has 0 aromatic heterocycles. The maximum atomic E-state index is 13.2. The summed E-state index contributed by atoms with van der Waals surface area (Å²) in [5, 5.41) is 9.12. The molecule has 10 heteroatoms. The first-order valence-electron chi connectivity index (χ1n) is 8.65. The van der Waals surface area contributed by atoms with Crippen molar-refractivity contribution < 1.29 is 12.6 Å². The lowest BCUT2D eigenvalue weighted by Crippen LogP contribution is -2.61. The van der Waals surface area contributed by atoms with Gasteiger partial charge in [0.2, 0.25) is 5.85 Å². The van der Waals surface area contributed by atoms with Crippen molar-refractivity contribution in [3.63, 3.8) is 0 Å². The molecule has 1 aromatic rings. The van der Waals surface area contributed by atoms with Gasteiger partial charge in [0, 0.05) is 38.4 Å². The molecule has 1 atom stereocenters. The molecule has 0 aliphatic rings. The lowest BCUT2D eigenvalue weighted by Gasteiger charge is -2.40. The van der Waals surface area contributed by atoms with Gasteiger partial charge < -0.3 is 5.73 Å². The van der Waals surface area contributed by atoms with E-state index in [9.17, 15) is 8.42 Å². The smallest absolute Gasteiger partial charge is 0.368 e. The van der Waals surface area contributed by atoms with Crippen LogP contribution in [-0.2, 0) is 20.3 Å². The van der Waals surface area contributed by atoms with Crippen LogP contribution in [0.15, 0.2) is 24.3 Å². The second-order valence-electron chi connectivity index (χ2n) is 5.80. The van der Waals surface area contributed by atoms with Gasteiger partial charge in [0.1, 0.15) is 0 Å². The van der Waals surface area contributed by atoms with E-state index in [-0.39, 0.29) is 0 Å². The summed E-state index contributed by atoms with van der Waals surface area (Å²) in [5.74, 6) is -1.50. The monoisotopic (exact) mass is 388 g/mol. The molecule has 1 unspecified atom stereocenters. The Hall–Kier alpha value is -1.27. The van der Waals surface area contributed by atoms with Gasteiger partial charge in [-0.25, -0.2) is 14.2 Å². The molecule has 0 aliphatic heterocycles. The van der Waals surface area contributed by atoms with Crippen LogP contribution in [0.2, 0.25) is 0 Å². The van der Waals surface area contributed by atoms with E-state index in [1.54, 1.807) is 50.4 Å². The van der Waals surface area contributed by atoms with Crippen LogP contribution < -0.4 is 16.4 Å². The molecule has 9 nitrogen and oxygen atoms in total. The number of nitrogens with one attached hydrogen (secondary N) is 2. The van der Waals surface area contributed by atoms with Crippen LogP contribution in [0.5, 0.6) is 0 Å². The van der Waals surface area contributed by atoms with E-state index in [4.69, 9.17) is 9.92 Å². The van der Waals surface area contributed by atoms with Crippen molar-refractivity contribution in [2.75, 3.05) is 46.5 Å². The van der Waals surface area contributed by atoms with Crippen LogP contribution in [0, 0.1) is 0 Å². The summed E-state index contributed by atoms with van der Waals surface area (Å²) in [6.45, 7) is 7.06. The quantitative estimate of drug-likeness (QED) is 0.286. The molecule has 1 aromatic carbocycles. The predicted molar refractivity (Wildman–Crippen MR) is 104 cm³/mol. The molecule has 1 rings (SSSR count). The minimum absolute atomic E-state index is 0.414. The third-order valence-corrected chi connectivity index (χ3v) is 5.28. The van der Waals surface area contributed by atoms with Gasteiger partial charge in [-0.1, -0.05) is 39.0 Å². The van der Waals surface area contributed by atoms with Crippen molar-refractivity contribution in [1.29, 1.82) is 0 Å². The molecule has 0 bridgehead atoms. The highest BCUT2D eigenvalue weighted by molar-refractivity contribution is 7.84. The number of hydrazine groups is 2. The third kappa shape index (κ3) is 4.92. The highest BCUT2D eigenvalue weighted by Crippen LogP contribution is 2.28. The number of anilines is 1. The molecular weight excluding hydrogens is 356 g/mol. The summed E-state index contributed by atoms with van der Waals surface area (Å²) in [4.78, 5) is 0. The lowest BCUT2D eigenvalue weighted by atomic mass is 10.1. The van der Waals surface area contributed by atoms with Crippen LogP contribution in [0.25, 0.3) is 0 Å². The van der Waals surface area contributed by atoms with Gasteiger partial charge in [-0.05, 0) is 24.2 Å². The normalized spacial score (nSPS) is 15.0. The fraction of sp³-hybridized carbons (Fsp3) is 0.625. The zero-order valence-corrected chi connectivity index (χ0v) is 17.3. The zero-order chi connectivity index (χ0) is 20.0. The molecule has 0 aliphatic carbocycles. The average molecular weight is 389 g/mol. The van der Waals surface area contributed by atoms with E-state index in [1.165, 1.54) is 5.01 Å². The fourth-order valence-corrected chi connectivity index (χ4v) is 4.28. The van der Waals surface area contributed by atoms with Crippen LogP contribution in [0.3, 0.4) is 0 Å². The summed E-state index contributed by atoms with van der Waals surface area (Å²) >= 11 is 0. The Morgan fingerprint density at radius 2 is 1.73 bits per heavy atom. The second-order valence-corrected chi connectivity index (χ2v) is 7.15. The van der Waals surface area contributed by atoms with E-state index in [0.29, 0.717) is 30.9 Å². The first kappa shape index (κ1) is 22.8. The van der Waals surface area contributed by atoms with Crippen molar-refractivity contribution in [3.8, 4) is 0 Å². The number of para-hydroxylation sites is 1. The maximum absolute atomic E-state index is 13.2. The van der Waals surface area contributed by atoms with Crippen molar-refractivity contribution in [2.45, 2.75) is 26.6 Å². The molecule has 0 radical (unpaired) electrons. The standard InChI is InChI=1S/C16H32N6O3S/c1-7-19-16(18-4,14-12-10-11-13-15(14)17)25-26(23,24)22(20(5)6)21(8-2)9-3/h10-13,18-19H,7-9,17H2,1-6H3. The minimum Gasteiger partial charge on any atom is -0.398 e. The predicted octanol–water partition coefficient (Wildman–Crippen LogP) is 0.505. The van der Waals surface area contributed by atoms with Crippen molar-refractivity contribution in [1.82, 2.24) is 25.2 Å². The Bertz CT molecular complexity index is 666. The number of nitrogens with zero attached hydrogens (tertiary/aromatic N) is 3. The fourth-order valence-electron chi connectivity index (χ4n) is 2.75. The molecule has 0 amide bonds. The highest BCUT2D eigenvalue weighted by Gasteiger charge is 2.42. The number of nitrogens with two attached hydrogens (primary N) is 1. The van der Waals surface area contributed by atoms with E-state index < -0.39 is 16.2 Å². The number of nitrogen functional groups attached to an aromatic ring is 1. The first-order valence-corrected chi connectivity index (χ1v) is 10.0. The van der Waals surface area contributed by atoms with Crippen LogP contribution >= 0.6 is 0 Å². The molecule has 0 saturated heterocycles. The molecule has 26 heavy (non-hydrogen) atoms. The van der Waals surface area contributed by atoms with Gasteiger partial charge in [0.05, 0.1) is 0 Å². The SMILES string of the molecule is CCNC(NC)(OS(=O)(=O)N(N(C)C)N(CC)CC)c1ccccc1N. The Balaban J connectivity index is 3.43. The average Bonchev–Trinajstić information content (AvgIpc) is 2.58. The highest BCUT2D eigenvalue weighted by atomic mass is 32.2. The molecule has 150 valence electrons. The molecular formula is C16H32N6O3S. The molecule has 4 N–H and O–H groups in total. The largest absolute Gasteiger partial charge is 0.398 e. The third-order valence-electron chi connectivity index (χ3n) is 3.86. The molecule has 0 fully saturated rings. The first-order chi connectivity index (χ1) is 12.2. The Labute approximate surface area is 157 Å². The summed E-state index contributed by atoms with van der Waals surface area (Å²) in [6, 6.07) is 6.98. The van der Waals surface area contributed by atoms with E-state index in [1.807, 2.05) is 20.8 Å². The number of hydrogen-bond donors (Lipinski definition) is 3. The van der Waals surface area contributed by atoms with E-state index in [2.05, 4.69) is 10.6 Å². The summed E-state index contributed by atoms with van der Waals surface area (Å²) in [7, 11) is 0.702. The summed E-state index contributed by atoms with van der Waals surface area (Å²) < 4.78 is 33.1. The van der Waals surface area contributed by atoms with Crippen LogP contribution in [0.4, 0.5) is 5.69 Å². The zero-order valence-electron chi connectivity index (χ0n) is 16.5. The van der Waals surface area contributed by atoms with Gasteiger partial charge in [0.15, 0.2) is 0 Å². The Morgan fingerprint density at radius 3 is 2.15 bits per heavy atom. The minimum atomic E-state index is -4.20. The van der Waals surface area contributed by atoms with Gasteiger partial charge in [-0.15, -0.1) is 0 Å². The number of hydrogen-bond acceptors (Lipinski definition) is 8. The Kier molecular flexibility index (Phi) is 8.41. The van der Waals surface area contributed by atoms with Gasteiger partial charge in [0.25, 0.3) is 0 Å². The molecule has 0 saturated carbocycles. The van der Waals surface area contributed by atoms with E-state index >= 15 is 0 Å². The van der Waals surface area contributed by atoms with Gasteiger partial charge in [-0.3, -0.25) is 10.6 Å². The molecule has 0 heterocycles. The van der Waals surface area contributed by atoms with Crippen molar-refractivity contribution in [3.05, 3.63) is 29.8 Å². The maximum Gasteiger partial charge on any atom is 0.368 e. The second kappa shape index (κ2) is 9.60. The summed E-state index contributed by atoms with van der Waals surface area (Å²) in [6.07, 6.45) is 0. The molecule has 0 spiro atoms. The number of benzene rings is 1. The van der Waals surface area contributed by atoms with Gasteiger partial charge >= 0.3 is 10.3 Å². The van der Waals surface area contributed by atoms with Crippen molar-refractivity contribution in [2.24, 2.45) is 0 Å². The Morgan fingerprint density at radius 1 is 1.15 bits per heavy atom. The van der Waals surface area contributed by atoms with Gasteiger partial charge in [-0.2, -0.15) is 8.42 Å². The summed E-state index contributed by atoms with van der Waals surface area (Å²) in [5.41, 5.74) is 7.00. The topological polar surface area (TPSA) is 103 Å². The lowest BCUT2D eigenvalue weighted by molar-refractivity contribution is -0.101. The van der Waals surface area contributed by atoms with Crippen LogP contribution in [0.1, 0.15) is 26.3 Å². The van der Waals surface area contributed by atoms with Crippen molar-refractivity contribution >= 4 is 16.0 Å². The van der Waals surface area contributed by atoms with E-state index in [0.717, 1.165) is 4.52 Å².